The average molecular weight is 381 g/mol. The van der Waals surface area contributed by atoms with Gasteiger partial charge in [-0.2, -0.15) is 8.78 Å². The lowest BCUT2D eigenvalue weighted by molar-refractivity contribution is -0.149. The molecule has 0 aliphatic carbocycles. The number of para-hydroxylation sites is 4. The number of hydrogen-bond donors (Lipinski definition) is 1. The number of benzene rings is 2. The van der Waals surface area contributed by atoms with Crippen LogP contribution in [0.4, 0.5) is 14.5 Å². The highest BCUT2D eigenvalue weighted by molar-refractivity contribution is 5.94. The zero-order valence-corrected chi connectivity index (χ0v) is 14.3. The van der Waals surface area contributed by atoms with Gasteiger partial charge in [0.1, 0.15) is 5.75 Å². The highest BCUT2D eigenvalue weighted by atomic mass is 19.3. The van der Waals surface area contributed by atoms with Crippen LogP contribution in [-0.4, -0.2) is 38.8 Å². The van der Waals surface area contributed by atoms with Crippen LogP contribution >= 0.6 is 0 Å². The van der Waals surface area contributed by atoms with Gasteiger partial charge in [-0.3, -0.25) is 4.79 Å². The topological polar surface area (TPSA) is 83.1 Å². The summed E-state index contributed by atoms with van der Waals surface area (Å²) in [5, 5.41) is 2.33. The Hall–Kier alpha value is -3.36. The number of rotatable bonds is 9. The Morgan fingerprint density at radius 2 is 1.59 bits per heavy atom. The molecular formula is C18H17F2NO6. The van der Waals surface area contributed by atoms with Crippen molar-refractivity contribution in [2.45, 2.75) is 6.61 Å². The number of amides is 1. The number of alkyl halides is 2. The number of esters is 1. The Labute approximate surface area is 153 Å². The Kier molecular flexibility index (Phi) is 7.36. The van der Waals surface area contributed by atoms with Gasteiger partial charge in [0.15, 0.2) is 24.7 Å². The minimum Gasteiger partial charge on any atom is -0.493 e. The first-order chi connectivity index (χ1) is 13.0. The average Bonchev–Trinajstić information content (AvgIpc) is 2.66. The number of ether oxygens (including phenoxy) is 4. The van der Waals surface area contributed by atoms with Crippen molar-refractivity contribution >= 4 is 17.6 Å². The molecule has 0 bridgehead atoms. The van der Waals surface area contributed by atoms with Gasteiger partial charge in [-0.15, -0.1) is 0 Å². The number of carbonyl (C=O) groups excluding carboxylic acids is 2. The number of halogens is 2. The molecule has 0 aromatic heterocycles. The summed E-state index contributed by atoms with van der Waals surface area (Å²) in [6.45, 7) is -4.08. The number of hydrogen-bond acceptors (Lipinski definition) is 6. The predicted molar refractivity (Wildman–Crippen MR) is 91.2 cm³/mol. The minimum absolute atomic E-state index is 0.0316. The first kappa shape index (κ1) is 20.0. The number of methoxy groups -OCH3 is 1. The standard InChI is InChI=1S/C18H17F2NO6/c1-24-14-8-4-5-9-15(14)25-11-17(23)26-10-16(22)21-12-6-2-3-7-13(12)27-18(19)20/h2-9,18H,10-11H2,1H3,(H,21,22). The summed E-state index contributed by atoms with van der Waals surface area (Å²) in [6, 6.07) is 12.4. The van der Waals surface area contributed by atoms with E-state index in [1.807, 2.05) is 0 Å². The third-order valence-corrected chi connectivity index (χ3v) is 3.16. The molecule has 0 heterocycles. The Balaban J connectivity index is 1.81. The van der Waals surface area contributed by atoms with Crippen LogP contribution in [0.25, 0.3) is 0 Å². The molecule has 7 nitrogen and oxygen atoms in total. The van der Waals surface area contributed by atoms with E-state index in [4.69, 9.17) is 14.2 Å². The van der Waals surface area contributed by atoms with Crippen molar-refractivity contribution in [3.8, 4) is 17.2 Å². The molecule has 9 heteroatoms. The highest BCUT2D eigenvalue weighted by Gasteiger charge is 2.14. The molecule has 2 aromatic rings. The SMILES string of the molecule is COc1ccccc1OCC(=O)OCC(=O)Nc1ccccc1OC(F)F. The molecule has 0 aliphatic rings. The normalized spacial score (nSPS) is 10.2. The van der Waals surface area contributed by atoms with Crippen molar-refractivity contribution in [2.75, 3.05) is 25.6 Å². The van der Waals surface area contributed by atoms with Gasteiger partial charge in [0, 0.05) is 0 Å². The van der Waals surface area contributed by atoms with E-state index in [0.29, 0.717) is 11.5 Å². The molecule has 1 N–H and O–H groups in total. The van der Waals surface area contributed by atoms with Crippen molar-refractivity contribution in [2.24, 2.45) is 0 Å². The van der Waals surface area contributed by atoms with E-state index in [9.17, 15) is 18.4 Å². The second-order valence-electron chi connectivity index (χ2n) is 5.02. The Bertz CT molecular complexity index is 784. The number of nitrogens with one attached hydrogen (secondary N) is 1. The van der Waals surface area contributed by atoms with Crippen molar-refractivity contribution in [1.82, 2.24) is 0 Å². The summed E-state index contributed by atoms with van der Waals surface area (Å²) in [4.78, 5) is 23.5. The minimum atomic E-state index is -3.03. The summed E-state index contributed by atoms with van der Waals surface area (Å²) in [5.74, 6) is -0.913. The molecule has 0 saturated carbocycles. The van der Waals surface area contributed by atoms with Crippen LogP contribution in [0.3, 0.4) is 0 Å². The van der Waals surface area contributed by atoms with E-state index in [2.05, 4.69) is 10.1 Å². The summed E-state index contributed by atoms with van der Waals surface area (Å²) in [7, 11) is 1.46. The maximum absolute atomic E-state index is 12.3. The van der Waals surface area contributed by atoms with Crippen molar-refractivity contribution in [1.29, 1.82) is 0 Å². The van der Waals surface area contributed by atoms with Gasteiger partial charge < -0.3 is 24.3 Å². The fourth-order valence-electron chi connectivity index (χ4n) is 2.02. The fraction of sp³-hybridized carbons (Fsp3) is 0.222. The van der Waals surface area contributed by atoms with Gasteiger partial charge in [0.25, 0.3) is 5.91 Å². The maximum Gasteiger partial charge on any atom is 0.387 e. The zero-order chi connectivity index (χ0) is 19.6. The molecule has 0 spiro atoms. The molecule has 2 rings (SSSR count). The van der Waals surface area contributed by atoms with Crippen LogP contribution in [0.15, 0.2) is 48.5 Å². The second-order valence-corrected chi connectivity index (χ2v) is 5.02. The van der Waals surface area contributed by atoms with Gasteiger partial charge in [0.2, 0.25) is 0 Å². The highest BCUT2D eigenvalue weighted by Crippen LogP contribution is 2.26. The molecule has 144 valence electrons. The maximum atomic E-state index is 12.3. The quantitative estimate of drug-likeness (QED) is 0.673. The number of anilines is 1. The third kappa shape index (κ3) is 6.46. The predicted octanol–water partition coefficient (Wildman–Crippen LogP) is 2.86. The lowest BCUT2D eigenvalue weighted by atomic mass is 10.3. The van der Waals surface area contributed by atoms with Gasteiger partial charge in [-0.05, 0) is 24.3 Å². The lowest BCUT2D eigenvalue weighted by Gasteiger charge is -2.12. The second kappa shape index (κ2) is 9.95. The van der Waals surface area contributed by atoms with Crippen molar-refractivity contribution in [3.63, 3.8) is 0 Å². The third-order valence-electron chi connectivity index (χ3n) is 3.16. The molecule has 0 radical (unpaired) electrons. The Morgan fingerprint density at radius 3 is 2.26 bits per heavy atom. The molecule has 0 saturated heterocycles. The lowest BCUT2D eigenvalue weighted by Crippen LogP contribution is -2.24. The molecule has 0 fully saturated rings. The summed E-state index contributed by atoms with van der Waals surface area (Å²) < 4.78 is 44.1. The van der Waals surface area contributed by atoms with Crippen LogP contribution in [0.1, 0.15) is 0 Å². The zero-order valence-electron chi connectivity index (χ0n) is 14.3. The van der Waals surface area contributed by atoms with Crippen molar-refractivity contribution in [3.05, 3.63) is 48.5 Å². The molecule has 0 atom stereocenters. The molecule has 27 heavy (non-hydrogen) atoms. The first-order valence-electron chi connectivity index (χ1n) is 7.74. The van der Waals surface area contributed by atoms with E-state index < -0.39 is 31.7 Å². The first-order valence-corrected chi connectivity index (χ1v) is 7.74. The van der Waals surface area contributed by atoms with Crippen LogP contribution < -0.4 is 19.5 Å². The largest absolute Gasteiger partial charge is 0.493 e. The van der Waals surface area contributed by atoms with E-state index in [1.165, 1.54) is 31.4 Å². The van der Waals surface area contributed by atoms with E-state index in [0.717, 1.165) is 0 Å². The van der Waals surface area contributed by atoms with E-state index in [1.54, 1.807) is 24.3 Å². The molecular weight excluding hydrogens is 364 g/mol. The summed E-state index contributed by atoms with van der Waals surface area (Å²) in [6.07, 6.45) is 0. The van der Waals surface area contributed by atoms with Crippen molar-refractivity contribution < 1.29 is 37.3 Å². The van der Waals surface area contributed by atoms with Gasteiger partial charge in [-0.25, -0.2) is 4.79 Å². The van der Waals surface area contributed by atoms with Crippen LogP contribution in [0.5, 0.6) is 17.2 Å². The number of carbonyl (C=O) groups is 2. The van der Waals surface area contributed by atoms with Crippen LogP contribution in [0.2, 0.25) is 0 Å². The van der Waals surface area contributed by atoms with Gasteiger partial charge >= 0.3 is 12.6 Å². The smallest absolute Gasteiger partial charge is 0.387 e. The van der Waals surface area contributed by atoms with E-state index >= 15 is 0 Å². The molecule has 1 amide bonds. The summed E-state index contributed by atoms with van der Waals surface area (Å²) in [5.41, 5.74) is 0.0316. The van der Waals surface area contributed by atoms with Gasteiger partial charge in [0.05, 0.1) is 12.8 Å². The summed E-state index contributed by atoms with van der Waals surface area (Å²) >= 11 is 0. The molecule has 0 unspecified atom stereocenters. The monoisotopic (exact) mass is 381 g/mol. The van der Waals surface area contributed by atoms with Gasteiger partial charge in [-0.1, -0.05) is 24.3 Å². The molecule has 2 aromatic carbocycles. The Morgan fingerprint density at radius 1 is 0.963 bits per heavy atom. The van der Waals surface area contributed by atoms with E-state index in [-0.39, 0.29) is 11.4 Å². The fourth-order valence-corrected chi connectivity index (χ4v) is 2.02. The van der Waals surface area contributed by atoms with Crippen LogP contribution in [0, 0.1) is 0 Å². The van der Waals surface area contributed by atoms with Crippen LogP contribution in [-0.2, 0) is 14.3 Å². The molecule has 0 aliphatic heterocycles.